The molecule has 0 fully saturated rings. The third kappa shape index (κ3) is 4.83. The minimum absolute atomic E-state index is 0.481. The Bertz CT molecular complexity index is 501. The number of nitrogens with one attached hydrogen (secondary N) is 2. The summed E-state index contributed by atoms with van der Waals surface area (Å²) in [4.78, 5) is 17.2. The third-order valence-electron chi connectivity index (χ3n) is 2.50. The standard InChI is InChI=1S/C11H12N2.C3H7NO2/c1-8-9(2)13-11(12-8)10-6-4-3-5-7-10;1-2-4-3(5)6/h3-7H,1-2H3,(H,12,13);4H,2H2,1H3,(H,5,6). The summed E-state index contributed by atoms with van der Waals surface area (Å²) in [6.45, 7) is 6.26. The fourth-order valence-corrected chi connectivity index (χ4v) is 1.43. The van der Waals surface area contributed by atoms with Gasteiger partial charge in [0.25, 0.3) is 0 Å². The van der Waals surface area contributed by atoms with Crippen LogP contribution < -0.4 is 5.32 Å². The quantitative estimate of drug-likeness (QED) is 0.777. The zero-order valence-corrected chi connectivity index (χ0v) is 11.4. The smallest absolute Gasteiger partial charge is 0.404 e. The van der Waals surface area contributed by atoms with E-state index in [1.165, 1.54) is 0 Å². The van der Waals surface area contributed by atoms with Crippen molar-refractivity contribution in [2.24, 2.45) is 0 Å². The molecule has 2 aromatic rings. The van der Waals surface area contributed by atoms with Crippen LogP contribution in [0.25, 0.3) is 11.4 Å². The molecule has 0 spiro atoms. The number of aryl methyl sites for hydroxylation is 2. The van der Waals surface area contributed by atoms with E-state index >= 15 is 0 Å². The van der Waals surface area contributed by atoms with Gasteiger partial charge in [-0.25, -0.2) is 9.78 Å². The summed E-state index contributed by atoms with van der Waals surface area (Å²) in [5.41, 5.74) is 3.34. The topological polar surface area (TPSA) is 78.0 Å². The average Bonchev–Trinajstić information content (AvgIpc) is 2.71. The van der Waals surface area contributed by atoms with Gasteiger partial charge in [-0.05, 0) is 20.8 Å². The summed E-state index contributed by atoms with van der Waals surface area (Å²) in [6, 6.07) is 10.1. The molecular weight excluding hydrogens is 242 g/mol. The monoisotopic (exact) mass is 261 g/mol. The van der Waals surface area contributed by atoms with Gasteiger partial charge in [-0.1, -0.05) is 30.3 Å². The lowest BCUT2D eigenvalue weighted by Gasteiger charge is -1.93. The van der Waals surface area contributed by atoms with Crippen LogP contribution in [-0.4, -0.2) is 27.7 Å². The maximum absolute atomic E-state index is 9.49. The van der Waals surface area contributed by atoms with Gasteiger partial charge in [-0.2, -0.15) is 0 Å². The summed E-state index contributed by atoms with van der Waals surface area (Å²) in [7, 11) is 0. The van der Waals surface area contributed by atoms with Gasteiger partial charge in [0.2, 0.25) is 0 Å². The van der Waals surface area contributed by atoms with Crippen molar-refractivity contribution in [1.29, 1.82) is 0 Å². The second-order valence-electron chi connectivity index (χ2n) is 4.00. The van der Waals surface area contributed by atoms with Crippen molar-refractivity contribution in [1.82, 2.24) is 15.3 Å². The van der Waals surface area contributed by atoms with Crippen LogP contribution in [0.2, 0.25) is 0 Å². The van der Waals surface area contributed by atoms with Crippen LogP contribution in [-0.2, 0) is 0 Å². The first-order chi connectivity index (χ1) is 9.04. The van der Waals surface area contributed by atoms with Gasteiger partial charge in [-0.15, -0.1) is 0 Å². The van der Waals surface area contributed by atoms with Gasteiger partial charge in [0, 0.05) is 17.8 Å². The van der Waals surface area contributed by atoms with E-state index in [1.807, 2.05) is 32.0 Å². The van der Waals surface area contributed by atoms with Gasteiger partial charge in [0.05, 0.1) is 5.69 Å². The van der Waals surface area contributed by atoms with Crippen molar-refractivity contribution in [3.8, 4) is 11.4 Å². The van der Waals surface area contributed by atoms with Crippen LogP contribution in [0, 0.1) is 13.8 Å². The summed E-state index contributed by atoms with van der Waals surface area (Å²) >= 11 is 0. The molecule has 0 aliphatic carbocycles. The van der Waals surface area contributed by atoms with Crippen molar-refractivity contribution in [2.75, 3.05) is 6.54 Å². The number of nitrogens with zero attached hydrogens (tertiary/aromatic N) is 1. The molecule has 1 aromatic heterocycles. The molecule has 0 unspecified atom stereocenters. The van der Waals surface area contributed by atoms with Crippen molar-refractivity contribution < 1.29 is 9.90 Å². The number of aromatic amines is 1. The zero-order valence-electron chi connectivity index (χ0n) is 11.4. The normalized spacial score (nSPS) is 9.42. The molecule has 0 saturated carbocycles. The first-order valence-corrected chi connectivity index (χ1v) is 6.10. The lowest BCUT2D eigenvalue weighted by molar-refractivity contribution is 0.195. The zero-order chi connectivity index (χ0) is 14.3. The van der Waals surface area contributed by atoms with E-state index < -0.39 is 6.09 Å². The van der Waals surface area contributed by atoms with E-state index in [9.17, 15) is 4.79 Å². The largest absolute Gasteiger partial charge is 0.465 e. The number of imidazole rings is 1. The minimum Gasteiger partial charge on any atom is -0.465 e. The summed E-state index contributed by atoms with van der Waals surface area (Å²) in [5.74, 6) is 0.954. The molecule has 0 aliphatic rings. The van der Waals surface area contributed by atoms with Crippen LogP contribution in [0.3, 0.4) is 0 Å². The first kappa shape index (κ1) is 14.8. The van der Waals surface area contributed by atoms with Crippen LogP contribution in [0.15, 0.2) is 30.3 Å². The maximum Gasteiger partial charge on any atom is 0.404 e. The van der Waals surface area contributed by atoms with Crippen molar-refractivity contribution in [3.05, 3.63) is 41.7 Å². The Kier molecular flexibility index (Phi) is 5.60. The minimum atomic E-state index is -0.961. The fourth-order valence-electron chi connectivity index (χ4n) is 1.43. The van der Waals surface area contributed by atoms with E-state index in [2.05, 4.69) is 27.4 Å². The molecule has 2 rings (SSSR count). The Morgan fingerprint density at radius 1 is 1.32 bits per heavy atom. The summed E-state index contributed by atoms with van der Waals surface area (Å²) in [6.07, 6.45) is -0.961. The lowest BCUT2D eigenvalue weighted by atomic mass is 10.2. The molecule has 5 nitrogen and oxygen atoms in total. The van der Waals surface area contributed by atoms with E-state index in [4.69, 9.17) is 5.11 Å². The SMILES string of the molecule is CCNC(=O)O.Cc1nc(-c2ccccc2)[nH]c1C. The van der Waals surface area contributed by atoms with Crippen molar-refractivity contribution in [2.45, 2.75) is 20.8 Å². The molecule has 0 radical (unpaired) electrons. The molecule has 1 heterocycles. The predicted molar refractivity (Wildman–Crippen MR) is 75.2 cm³/mol. The van der Waals surface area contributed by atoms with E-state index in [1.54, 1.807) is 6.92 Å². The van der Waals surface area contributed by atoms with Gasteiger partial charge < -0.3 is 15.4 Å². The molecule has 5 heteroatoms. The number of aromatic nitrogens is 2. The molecule has 1 aromatic carbocycles. The highest BCUT2D eigenvalue weighted by atomic mass is 16.4. The average molecular weight is 261 g/mol. The number of amides is 1. The fraction of sp³-hybridized carbons (Fsp3) is 0.286. The Balaban J connectivity index is 0.000000258. The van der Waals surface area contributed by atoms with Gasteiger partial charge in [0.15, 0.2) is 0 Å². The highest BCUT2D eigenvalue weighted by Gasteiger charge is 2.03. The molecule has 3 N–H and O–H groups in total. The van der Waals surface area contributed by atoms with Gasteiger partial charge >= 0.3 is 6.09 Å². The number of hydrogen-bond donors (Lipinski definition) is 3. The molecule has 19 heavy (non-hydrogen) atoms. The van der Waals surface area contributed by atoms with Crippen LogP contribution in [0.4, 0.5) is 4.79 Å². The summed E-state index contributed by atoms with van der Waals surface area (Å²) in [5, 5.41) is 9.93. The van der Waals surface area contributed by atoms with Gasteiger partial charge in [-0.3, -0.25) is 0 Å². The number of rotatable bonds is 2. The highest BCUT2D eigenvalue weighted by Crippen LogP contribution is 2.16. The molecule has 1 amide bonds. The van der Waals surface area contributed by atoms with Crippen LogP contribution >= 0.6 is 0 Å². The Morgan fingerprint density at radius 3 is 2.32 bits per heavy atom. The Labute approximate surface area is 112 Å². The second-order valence-corrected chi connectivity index (χ2v) is 4.00. The van der Waals surface area contributed by atoms with Crippen LogP contribution in [0.5, 0.6) is 0 Å². The number of benzene rings is 1. The molecule has 0 aliphatic heterocycles. The second kappa shape index (κ2) is 7.20. The first-order valence-electron chi connectivity index (χ1n) is 6.10. The van der Waals surface area contributed by atoms with Crippen LogP contribution in [0.1, 0.15) is 18.3 Å². The lowest BCUT2D eigenvalue weighted by Crippen LogP contribution is -2.19. The van der Waals surface area contributed by atoms with E-state index in [0.717, 1.165) is 22.8 Å². The number of H-pyrrole nitrogens is 1. The predicted octanol–water partition coefficient (Wildman–Crippen LogP) is 2.97. The molecule has 0 saturated heterocycles. The number of carbonyl (C=O) groups is 1. The van der Waals surface area contributed by atoms with Crippen molar-refractivity contribution >= 4 is 6.09 Å². The Hall–Kier alpha value is -2.30. The molecular formula is C14H19N3O2. The third-order valence-corrected chi connectivity index (χ3v) is 2.50. The van der Waals surface area contributed by atoms with Gasteiger partial charge in [0.1, 0.15) is 5.82 Å². The maximum atomic E-state index is 9.49. The summed E-state index contributed by atoms with van der Waals surface area (Å²) < 4.78 is 0. The molecule has 0 atom stereocenters. The number of carboxylic acid groups (broad SMARTS) is 1. The van der Waals surface area contributed by atoms with E-state index in [0.29, 0.717) is 6.54 Å². The Morgan fingerprint density at radius 2 is 1.95 bits per heavy atom. The van der Waals surface area contributed by atoms with E-state index in [-0.39, 0.29) is 0 Å². The molecule has 102 valence electrons. The highest BCUT2D eigenvalue weighted by molar-refractivity contribution is 5.64. The molecule has 0 bridgehead atoms. The van der Waals surface area contributed by atoms with Crippen molar-refractivity contribution in [3.63, 3.8) is 0 Å². The number of hydrogen-bond acceptors (Lipinski definition) is 2.